The summed E-state index contributed by atoms with van der Waals surface area (Å²) in [6.45, 7) is 7.61. The van der Waals surface area contributed by atoms with Crippen molar-refractivity contribution in [2.45, 2.75) is 38.4 Å². The van der Waals surface area contributed by atoms with E-state index in [0.29, 0.717) is 6.04 Å². The Labute approximate surface area is 109 Å². The van der Waals surface area contributed by atoms with Gasteiger partial charge in [-0.1, -0.05) is 0 Å². The molecule has 4 nitrogen and oxygen atoms in total. The molecule has 4 heteroatoms. The van der Waals surface area contributed by atoms with E-state index in [1.54, 1.807) is 0 Å². The van der Waals surface area contributed by atoms with Gasteiger partial charge in [0.1, 0.15) is 0 Å². The molecule has 0 bridgehead atoms. The molecular weight excluding hydrogens is 226 g/mol. The van der Waals surface area contributed by atoms with E-state index in [4.69, 9.17) is 0 Å². The second kappa shape index (κ2) is 5.78. The predicted molar refractivity (Wildman–Crippen MR) is 72.2 cm³/mol. The second-order valence-corrected chi connectivity index (χ2v) is 5.59. The zero-order valence-corrected chi connectivity index (χ0v) is 11.3. The van der Waals surface area contributed by atoms with E-state index in [1.165, 1.54) is 5.56 Å². The lowest BCUT2D eigenvalue weighted by Crippen LogP contribution is -2.62. The third-order valence-corrected chi connectivity index (χ3v) is 3.72. The Kier molecular flexibility index (Phi) is 4.32. The largest absolute Gasteiger partial charge is 0.396 e. The quantitative estimate of drug-likeness (QED) is 0.836. The van der Waals surface area contributed by atoms with E-state index in [1.807, 2.05) is 12.4 Å². The molecule has 1 aromatic heterocycles. The van der Waals surface area contributed by atoms with Crippen LogP contribution >= 0.6 is 0 Å². The van der Waals surface area contributed by atoms with Crippen LogP contribution in [0.5, 0.6) is 0 Å². The fourth-order valence-electron chi connectivity index (χ4n) is 2.69. The third-order valence-electron chi connectivity index (χ3n) is 3.72. The van der Waals surface area contributed by atoms with Crippen LogP contribution in [0.2, 0.25) is 0 Å². The SMILES string of the molecule is CC1(C)CNCC(CCO)N1Cc1ccncc1. The summed E-state index contributed by atoms with van der Waals surface area (Å²) >= 11 is 0. The van der Waals surface area contributed by atoms with E-state index >= 15 is 0 Å². The van der Waals surface area contributed by atoms with Gasteiger partial charge < -0.3 is 10.4 Å². The van der Waals surface area contributed by atoms with E-state index in [-0.39, 0.29) is 12.1 Å². The summed E-state index contributed by atoms with van der Waals surface area (Å²) in [4.78, 5) is 6.55. The summed E-state index contributed by atoms with van der Waals surface area (Å²) < 4.78 is 0. The number of pyridine rings is 1. The van der Waals surface area contributed by atoms with Crippen LogP contribution in [-0.2, 0) is 6.54 Å². The lowest BCUT2D eigenvalue weighted by atomic mass is 9.94. The highest BCUT2D eigenvalue weighted by molar-refractivity contribution is 5.11. The molecule has 0 amide bonds. The van der Waals surface area contributed by atoms with Crippen LogP contribution in [0.4, 0.5) is 0 Å². The van der Waals surface area contributed by atoms with Crippen molar-refractivity contribution in [3.63, 3.8) is 0 Å². The van der Waals surface area contributed by atoms with Gasteiger partial charge in [0.25, 0.3) is 0 Å². The van der Waals surface area contributed by atoms with Crippen molar-refractivity contribution in [1.82, 2.24) is 15.2 Å². The predicted octanol–water partition coefficient (Wildman–Crippen LogP) is 1.02. The minimum atomic E-state index is 0.112. The van der Waals surface area contributed by atoms with E-state index in [9.17, 15) is 5.11 Å². The Hall–Kier alpha value is -0.970. The van der Waals surface area contributed by atoms with Crippen LogP contribution in [0.1, 0.15) is 25.8 Å². The topological polar surface area (TPSA) is 48.4 Å². The smallest absolute Gasteiger partial charge is 0.0446 e. The Morgan fingerprint density at radius 1 is 1.44 bits per heavy atom. The number of hydrogen-bond acceptors (Lipinski definition) is 4. The summed E-state index contributed by atoms with van der Waals surface area (Å²) in [5.74, 6) is 0. The van der Waals surface area contributed by atoms with Crippen LogP contribution < -0.4 is 5.32 Å². The van der Waals surface area contributed by atoms with E-state index < -0.39 is 0 Å². The standard InChI is InChI=1S/C14H23N3O/c1-14(2)11-16-9-13(5-8-18)17(14)10-12-3-6-15-7-4-12/h3-4,6-7,13,16,18H,5,8-11H2,1-2H3. The first-order chi connectivity index (χ1) is 8.63. The minimum absolute atomic E-state index is 0.112. The molecule has 1 atom stereocenters. The molecule has 2 heterocycles. The van der Waals surface area contributed by atoms with Gasteiger partial charge in [0.2, 0.25) is 0 Å². The Bertz CT molecular complexity index is 365. The van der Waals surface area contributed by atoms with Crippen LogP contribution in [0.3, 0.4) is 0 Å². The average molecular weight is 249 g/mol. The molecule has 1 aromatic rings. The molecule has 1 unspecified atom stereocenters. The van der Waals surface area contributed by atoms with Crippen molar-refractivity contribution in [2.24, 2.45) is 0 Å². The fourth-order valence-corrected chi connectivity index (χ4v) is 2.69. The van der Waals surface area contributed by atoms with Gasteiger partial charge in [0, 0.05) is 50.2 Å². The summed E-state index contributed by atoms with van der Waals surface area (Å²) in [5.41, 5.74) is 1.39. The first kappa shape index (κ1) is 13.5. The molecule has 0 spiro atoms. The van der Waals surface area contributed by atoms with Crippen molar-refractivity contribution in [1.29, 1.82) is 0 Å². The van der Waals surface area contributed by atoms with Gasteiger partial charge in [-0.2, -0.15) is 0 Å². The second-order valence-electron chi connectivity index (χ2n) is 5.59. The lowest BCUT2D eigenvalue weighted by Gasteiger charge is -2.48. The summed E-state index contributed by atoms with van der Waals surface area (Å²) in [6, 6.07) is 4.52. The molecule has 2 N–H and O–H groups in total. The monoisotopic (exact) mass is 249 g/mol. The molecule has 100 valence electrons. The maximum absolute atomic E-state index is 9.21. The van der Waals surface area contributed by atoms with Crippen molar-refractivity contribution in [2.75, 3.05) is 19.7 Å². The van der Waals surface area contributed by atoms with Crippen molar-refractivity contribution in [3.05, 3.63) is 30.1 Å². The molecule has 1 fully saturated rings. The molecule has 0 aliphatic carbocycles. The number of aliphatic hydroxyl groups is 1. The normalized spacial score (nSPS) is 24.1. The number of nitrogens with one attached hydrogen (secondary N) is 1. The molecule has 1 saturated heterocycles. The molecule has 0 saturated carbocycles. The van der Waals surface area contributed by atoms with Crippen LogP contribution in [-0.4, -0.2) is 46.3 Å². The van der Waals surface area contributed by atoms with Crippen molar-refractivity contribution >= 4 is 0 Å². The molecule has 2 rings (SSSR count). The number of nitrogens with zero attached hydrogens (tertiary/aromatic N) is 2. The number of aromatic nitrogens is 1. The van der Waals surface area contributed by atoms with E-state index in [2.05, 4.69) is 41.2 Å². The number of rotatable bonds is 4. The molecule has 0 aromatic carbocycles. The maximum atomic E-state index is 9.21. The van der Waals surface area contributed by atoms with Gasteiger partial charge in [-0.05, 0) is 38.0 Å². The van der Waals surface area contributed by atoms with Gasteiger partial charge in [-0.3, -0.25) is 9.88 Å². The summed E-state index contributed by atoms with van der Waals surface area (Å²) in [5, 5.41) is 12.7. The highest BCUT2D eigenvalue weighted by Crippen LogP contribution is 2.24. The molecular formula is C14H23N3O. The fraction of sp³-hybridized carbons (Fsp3) is 0.643. The van der Waals surface area contributed by atoms with Gasteiger partial charge in [0.15, 0.2) is 0 Å². The molecule has 1 aliphatic heterocycles. The summed E-state index contributed by atoms with van der Waals surface area (Å²) in [6.07, 6.45) is 4.50. The number of piperazine rings is 1. The highest BCUT2D eigenvalue weighted by Gasteiger charge is 2.35. The van der Waals surface area contributed by atoms with Crippen LogP contribution in [0.25, 0.3) is 0 Å². The summed E-state index contributed by atoms with van der Waals surface area (Å²) in [7, 11) is 0. The van der Waals surface area contributed by atoms with Crippen LogP contribution in [0, 0.1) is 0 Å². The first-order valence-corrected chi connectivity index (χ1v) is 6.61. The lowest BCUT2D eigenvalue weighted by molar-refractivity contribution is 0.0181. The van der Waals surface area contributed by atoms with Crippen LogP contribution in [0.15, 0.2) is 24.5 Å². The Morgan fingerprint density at radius 2 is 2.17 bits per heavy atom. The maximum Gasteiger partial charge on any atom is 0.0446 e. The Morgan fingerprint density at radius 3 is 2.83 bits per heavy atom. The third kappa shape index (κ3) is 3.07. The van der Waals surface area contributed by atoms with Crippen molar-refractivity contribution < 1.29 is 5.11 Å². The zero-order valence-electron chi connectivity index (χ0n) is 11.3. The zero-order chi connectivity index (χ0) is 13.0. The van der Waals surface area contributed by atoms with Crippen molar-refractivity contribution in [3.8, 4) is 0 Å². The molecule has 0 radical (unpaired) electrons. The van der Waals surface area contributed by atoms with Gasteiger partial charge in [-0.25, -0.2) is 0 Å². The minimum Gasteiger partial charge on any atom is -0.396 e. The first-order valence-electron chi connectivity index (χ1n) is 6.61. The molecule has 18 heavy (non-hydrogen) atoms. The number of aliphatic hydroxyl groups excluding tert-OH is 1. The average Bonchev–Trinajstić information content (AvgIpc) is 2.35. The Balaban J connectivity index is 2.13. The van der Waals surface area contributed by atoms with Gasteiger partial charge >= 0.3 is 0 Å². The number of hydrogen-bond donors (Lipinski definition) is 2. The van der Waals surface area contributed by atoms with E-state index in [0.717, 1.165) is 26.1 Å². The highest BCUT2D eigenvalue weighted by atomic mass is 16.3. The van der Waals surface area contributed by atoms with Gasteiger partial charge in [0.05, 0.1) is 0 Å². The molecule has 1 aliphatic rings. The van der Waals surface area contributed by atoms with Gasteiger partial charge in [-0.15, -0.1) is 0 Å².